The number of sulfonamides is 1. The third-order valence-electron chi connectivity index (χ3n) is 3.21. The van der Waals surface area contributed by atoms with Crippen molar-refractivity contribution < 1.29 is 8.42 Å². The Kier molecular flexibility index (Phi) is 7.10. The van der Waals surface area contributed by atoms with E-state index in [2.05, 4.69) is 11.6 Å². The largest absolute Gasteiger partial charge is 0.240 e. The van der Waals surface area contributed by atoms with E-state index in [1.54, 1.807) is 12.1 Å². The molecule has 0 unspecified atom stereocenters. The van der Waals surface area contributed by atoms with Gasteiger partial charge in [-0.25, -0.2) is 13.1 Å². The van der Waals surface area contributed by atoms with E-state index in [0.717, 1.165) is 18.4 Å². The van der Waals surface area contributed by atoms with Crippen molar-refractivity contribution in [1.29, 1.82) is 0 Å². The minimum absolute atomic E-state index is 0.390. The van der Waals surface area contributed by atoms with Crippen LogP contribution in [0.4, 0.5) is 0 Å². The molecule has 0 saturated heterocycles. The maximum absolute atomic E-state index is 12.1. The summed E-state index contributed by atoms with van der Waals surface area (Å²) in [5.74, 6) is 0. The topological polar surface area (TPSA) is 46.2 Å². The van der Waals surface area contributed by atoms with Crippen LogP contribution in [0.5, 0.6) is 0 Å². The second-order valence-corrected chi connectivity index (χ2v) is 6.67. The molecule has 0 bridgehead atoms. The monoisotopic (exact) mass is 283 g/mol. The highest BCUT2D eigenvalue weighted by atomic mass is 32.2. The molecule has 0 aromatic heterocycles. The van der Waals surface area contributed by atoms with Gasteiger partial charge in [-0.05, 0) is 25.0 Å². The number of unbranched alkanes of at least 4 members (excludes halogenated alkanes) is 5. The first-order valence-corrected chi connectivity index (χ1v) is 8.61. The number of hydrogen-bond donors (Lipinski definition) is 1. The summed E-state index contributed by atoms with van der Waals surface area (Å²) in [5, 5.41) is 0. The molecule has 0 atom stereocenters. The fourth-order valence-electron chi connectivity index (χ4n) is 2.05. The molecule has 0 fully saturated rings. The molecule has 3 nitrogen and oxygen atoms in total. The van der Waals surface area contributed by atoms with Gasteiger partial charge >= 0.3 is 0 Å². The predicted octanol–water partition coefficient (Wildman–Crippen LogP) is 3.63. The first-order valence-electron chi connectivity index (χ1n) is 7.13. The molecular formula is C15H25NO2S. The highest BCUT2D eigenvalue weighted by molar-refractivity contribution is 7.89. The van der Waals surface area contributed by atoms with Gasteiger partial charge in [0.05, 0.1) is 4.90 Å². The smallest absolute Gasteiger partial charge is 0.211 e. The Hall–Kier alpha value is -0.870. The van der Waals surface area contributed by atoms with E-state index in [1.165, 1.54) is 25.7 Å². The molecule has 0 heterocycles. The molecular weight excluding hydrogens is 258 g/mol. The molecule has 1 aromatic carbocycles. The predicted molar refractivity (Wildman–Crippen MR) is 79.7 cm³/mol. The summed E-state index contributed by atoms with van der Waals surface area (Å²) in [6.45, 7) is 4.54. The van der Waals surface area contributed by atoms with Crippen molar-refractivity contribution in [3.63, 3.8) is 0 Å². The van der Waals surface area contributed by atoms with Gasteiger partial charge in [0.25, 0.3) is 0 Å². The van der Waals surface area contributed by atoms with Crippen molar-refractivity contribution in [3.05, 3.63) is 29.8 Å². The highest BCUT2D eigenvalue weighted by Gasteiger charge is 2.14. The molecule has 0 radical (unpaired) electrons. The summed E-state index contributed by atoms with van der Waals surface area (Å²) in [7, 11) is -3.34. The van der Waals surface area contributed by atoms with Gasteiger partial charge in [0, 0.05) is 6.54 Å². The fourth-order valence-corrected chi connectivity index (χ4v) is 3.37. The summed E-state index contributed by atoms with van der Waals surface area (Å²) in [4.78, 5) is 0.390. The summed E-state index contributed by atoms with van der Waals surface area (Å²) in [6.07, 6.45) is 6.96. The van der Waals surface area contributed by atoms with Gasteiger partial charge in [-0.3, -0.25) is 0 Å². The van der Waals surface area contributed by atoms with E-state index in [1.807, 2.05) is 19.1 Å². The molecule has 0 amide bonds. The maximum Gasteiger partial charge on any atom is 0.240 e. The van der Waals surface area contributed by atoms with E-state index in [0.29, 0.717) is 11.4 Å². The number of benzene rings is 1. The zero-order valence-electron chi connectivity index (χ0n) is 12.0. The minimum atomic E-state index is -3.34. The van der Waals surface area contributed by atoms with Crippen LogP contribution in [0.25, 0.3) is 0 Å². The van der Waals surface area contributed by atoms with Gasteiger partial charge in [0.1, 0.15) is 0 Å². The average molecular weight is 283 g/mol. The number of rotatable bonds is 9. The van der Waals surface area contributed by atoms with Crippen LogP contribution in [-0.2, 0) is 10.0 Å². The lowest BCUT2D eigenvalue weighted by Gasteiger charge is -2.08. The van der Waals surface area contributed by atoms with Crippen LogP contribution in [0.15, 0.2) is 29.2 Å². The van der Waals surface area contributed by atoms with Crippen molar-refractivity contribution >= 4 is 10.0 Å². The standard InChI is InChI=1S/C15H25NO2S/c1-3-4-5-6-7-10-13-16-19(17,18)15-12-9-8-11-14(15)2/h8-9,11-12,16H,3-7,10,13H2,1-2H3. The Morgan fingerprint density at radius 3 is 2.32 bits per heavy atom. The van der Waals surface area contributed by atoms with E-state index < -0.39 is 10.0 Å². The molecule has 0 saturated carbocycles. The minimum Gasteiger partial charge on any atom is -0.211 e. The molecule has 0 aliphatic carbocycles. The van der Waals surface area contributed by atoms with Crippen molar-refractivity contribution in [1.82, 2.24) is 4.72 Å². The molecule has 1 rings (SSSR count). The maximum atomic E-state index is 12.1. The Bertz CT molecular complexity index is 469. The molecule has 0 spiro atoms. The van der Waals surface area contributed by atoms with Gasteiger partial charge < -0.3 is 0 Å². The average Bonchev–Trinajstić information content (AvgIpc) is 2.38. The van der Waals surface area contributed by atoms with Gasteiger partial charge in [-0.2, -0.15) is 0 Å². The van der Waals surface area contributed by atoms with Crippen molar-refractivity contribution in [2.45, 2.75) is 57.3 Å². The summed E-state index contributed by atoms with van der Waals surface area (Å²) in [5.41, 5.74) is 0.790. The van der Waals surface area contributed by atoms with Gasteiger partial charge in [0.15, 0.2) is 0 Å². The van der Waals surface area contributed by atoms with Crippen molar-refractivity contribution in [2.24, 2.45) is 0 Å². The first-order chi connectivity index (χ1) is 9.08. The van der Waals surface area contributed by atoms with Crippen LogP contribution in [-0.4, -0.2) is 15.0 Å². The lowest BCUT2D eigenvalue weighted by atomic mass is 10.1. The van der Waals surface area contributed by atoms with E-state index >= 15 is 0 Å². The van der Waals surface area contributed by atoms with E-state index in [-0.39, 0.29) is 0 Å². The van der Waals surface area contributed by atoms with Crippen LogP contribution >= 0.6 is 0 Å². The number of nitrogens with one attached hydrogen (secondary N) is 1. The lowest BCUT2D eigenvalue weighted by molar-refractivity contribution is 0.567. The Balaban J connectivity index is 2.34. The van der Waals surface area contributed by atoms with Crippen LogP contribution in [0, 0.1) is 6.92 Å². The third-order valence-corrected chi connectivity index (χ3v) is 4.83. The van der Waals surface area contributed by atoms with Gasteiger partial charge in [-0.15, -0.1) is 0 Å². The van der Waals surface area contributed by atoms with Crippen LogP contribution in [0.1, 0.15) is 51.0 Å². The van der Waals surface area contributed by atoms with Crippen LogP contribution in [0.2, 0.25) is 0 Å². The van der Waals surface area contributed by atoms with Gasteiger partial charge in [0.2, 0.25) is 10.0 Å². The molecule has 19 heavy (non-hydrogen) atoms. The molecule has 108 valence electrons. The van der Waals surface area contributed by atoms with E-state index in [9.17, 15) is 8.42 Å². The fraction of sp³-hybridized carbons (Fsp3) is 0.600. The molecule has 0 aliphatic rings. The Morgan fingerprint density at radius 1 is 1.00 bits per heavy atom. The van der Waals surface area contributed by atoms with Crippen molar-refractivity contribution in [2.75, 3.05) is 6.54 Å². The van der Waals surface area contributed by atoms with Crippen LogP contribution < -0.4 is 4.72 Å². The zero-order valence-corrected chi connectivity index (χ0v) is 12.8. The van der Waals surface area contributed by atoms with Crippen molar-refractivity contribution in [3.8, 4) is 0 Å². The molecule has 1 aromatic rings. The van der Waals surface area contributed by atoms with E-state index in [4.69, 9.17) is 0 Å². The lowest BCUT2D eigenvalue weighted by Crippen LogP contribution is -2.25. The normalized spacial score (nSPS) is 11.7. The summed E-state index contributed by atoms with van der Waals surface area (Å²) < 4.78 is 26.8. The number of hydrogen-bond acceptors (Lipinski definition) is 2. The molecule has 4 heteroatoms. The Labute approximate surface area is 117 Å². The summed E-state index contributed by atoms with van der Waals surface area (Å²) in [6, 6.07) is 7.08. The zero-order chi connectivity index (χ0) is 14.1. The quantitative estimate of drug-likeness (QED) is 0.703. The van der Waals surface area contributed by atoms with Crippen LogP contribution in [0.3, 0.4) is 0 Å². The summed E-state index contributed by atoms with van der Waals surface area (Å²) >= 11 is 0. The SMILES string of the molecule is CCCCCCCCNS(=O)(=O)c1ccccc1C. The molecule has 0 aliphatic heterocycles. The number of aryl methyl sites for hydroxylation is 1. The highest BCUT2D eigenvalue weighted by Crippen LogP contribution is 2.13. The van der Waals surface area contributed by atoms with Gasteiger partial charge in [-0.1, -0.05) is 57.2 Å². The third kappa shape index (κ3) is 5.74. The second kappa shape index (κ2) is 8.33. The first kappa shape index (κ1) is 16.2. The Morgan fingerprint density at radius 2 is 1.63 bits per heavy atom. The second-order valence-electron chi connectivity index (χ2n) is 4.93. The molecule has 1 N–H and O–H groups in total.